The molecule has 0 heterocycles. The highest BCUT2D eigenvalue weighted by molar-refractivity contribution is 5.82. The normalized spacial score (nSPS) is 11.6. The lowest BCUT2D eigenvalue weighted by Crippen LogP contribution is -1.97. The molecule has 1 N–H and O–H groups in total. The minimum atomic E-state index is -0.0339. The Morgan fingerprint density at radius 2 is 2.43 bits per heavy atom. The van der Waals surface area contributed by atoms with Crippen LogP contribution in [0, 0.1) is 0 Å². The Kier molecular flexibility index (Phi) is 3.32. The molecule has 0 amide bonds. The highest BCUT2D eigenvalue weighted by Crippen LogP contribution is 1.72. The molecule has 0 aliphatic heterocycles. The molecular weight excluding hydrogens is 94.0 g/mol. The van der Waals surface area contributed by atoms with Crippen molar-refractivity contribution in [1.82, 2.24) is 0 Å². The quantitative estimate of drug-likeness (QED) is 0.395. The molecule has 0 aromatic heterocycles. The first-order valence-electron chi connectivity index (χ1n) is 1.98. The van der Waals surface area contributed by atoms with E-state index < -0.39 is 0 Å². The van der Waals surface area contributed by atoms with Crippen LogP contribution in [0.1, 0.15) is 6.92 Å². The molecule has 3 heteroatoms. The summed E-state index contributed by atoms with van der Waals surface area (Å²) in [6, 6.07) is 0. The molecule has 0 aliphatic rings. The molecule has 0 aromatic carbocycles. The van der Waals surface area contributed by atoms with Crippen LogP contribution in [0.5, 0.6) is 0 Å². The summed E-state index contributed by atoms with van der Waals surface area (Å²) in [5, 5.41) is 11.7. The third-order valence-corrected chi connectivity index (χ3v) is 0.476. The maximum atomic E-state index is 8.26. The highest BCUT2D eigenvalue weighted by Gasteiger charge is 1.81. The fourth-order valence-electron chi connectivity index (χ4n) is 0.185. The molecule has 0 atom stereocenters. The SMILES string of the molecule is CO/N=C(\C)CO. The van der Waals surface area contributed by atoms with Gasteiger partial charge in [-0.15, -0.1) is 0 Å². The second-order valence-electron chi connectivity index (χ2n) is 1.17. The summed E-state index contributed by atoms with van der Waals surface area (Å²) in [5.74, 6) is 0. The van der Waals surface area contributed by atoms with E-state index in [0.29, 0.717) is 5.71 Å². The molecule has 3 nitrogen and oxygen atoms in total. The van der Waals surface area contributed by atoms with E-state index in [2.05, 4.69) is 9.99 Å². The van der Waals surface area contributed by atoms with Crippen LogP contribution in [-0.2, 0) is 4.84 Å². The molecule has 42 valence electrons. The lowest BCUT2D eigenvalue weighted by Gasteiger charge is -1.88. The zero-order chi connectivity index (χ0) is 5.70. The van der Waals surface area contributed by atoms with Gasteiger partial charge in [-0.05, 0) is 6.92 Å². The van der Waals surface area contributed by atoms with E-state index in [4.69, 9.17) is 5.11 Å². The summed E-state index contributed by atoms with van der Waals surface area (Å²) < 4.78 is 0. The number of hydrogen-bond donors (Lipinski definition) is 1. The van der Waals surface area contributed by atoms with Gasteiger partial charge in [0.25, 0.3) is 0 Å². The van der Waals surface area contributed by atoms with E-state index in [1.165, 1.54) is 7.11 Å². The maximum absolute atomic E-state index is 8.26. The van der Waals surface area contributed by atoms with Gasteiger partial charge >= 0.3 is 0 Å². The molecule has 0 radical (unpaired) electrons. The number of aliphatic hydroxyl groups excluding tert-OH is 1. The number of oxime groups is 1. The highest BCUT2D eigenvalue weighted by atomic mass is 16.6. The number of hydrogen-bond acceptors (Lipinski definition) is 3. The number of nitrogens with zero attached hydrogens (tertiary/aromatic N) is 1. The Balaban J connectivity index is 3.29. The van der Waals surface area contributed by atoms with Crippen LogP contribution in [0.25, 0.3) is 0 Å². The van der Waals surface area contributed by atoms with E-state index in [0.717, 1.165) is 0 Å². The van der Waals surface area contributed by atoms with E-state index in [1.807, 2.05) is 0 Å². The molecule has 7 heavy (non-hydrogen) atoms. The van der Waals surface area contributed by atoms with Gasteiger partial charge in [0, 0.05) is 0 Å². The predicted molar refractivity (Wildman–Crippen MR) is 27.2 cm³/mol. The minimum Gasteiger partial charge on any atom is -0.399 e. The zero-order valence-electron chi connectivity index (χ0n) is 4.51. The molecule has 0 bridgehead atoms. The first-order valence-corrected chi connectivity index (χ1v) is 1.98. The smallest absolute Gasteiger partial charge is 0.106 e. The molecule has 0 fully saturated rings. The van der Waals surface area contributed by atoms with Gasteiger partial charge < -0.3 is 9.94 Å². The largest absolute Gasteiger partial charge is 0.399 e. The van der Waals surface area contributed by atoms with Gasteiger partial charge in [0.2, 0.25) is 0 Å². The van der Waals surface area contributed by atoms with Gasteiger partial charge in [-0.2, -0.15) is 0 Å². The molecule has 0 aliphatic carbocycles. The lowest BCUT2D eigenvalue weighted by atomic mass is 10.5. The van der Waals surface area contributed by atoms with E-state index >= 15 is 0 Å². The summed E-state index contributed by atoms with van der Waals surface area (Å²) >= 11 is 0. The molecule has 0 saturated carbocycles. The van der Waals surface area contributed by atoms with Crippen LogP contribution in [0.2, 0.25) is 0 Å². The molecule has 0 spiro atoms. The average molecular weight is 103 g/mol. The van der Waals surface area contributed by atoms with Gasteiger partial charge in [-0.25, -0.2) is 0 Å². The molecule has 0 aromatic rings. The predicted octanol–water partition coefficient (Wildman–Crippen LogP) is 0.00100. The first-order chi connectivity index (χ1) is 3.31. The van der Waals surface area contributed by atoms with Crippen molar-refractivity contribution < 1.29 is 9.94 Å². The van der Waals surface area contributed by atoms with E-state index in [-0.39, 0.29) is 6.61 Å². The summed E-state index contributed by atoms with van der Waals surface area (Å²) in [5.41, 5.74) is 0.586. The molecule has 0 rings (SSSR count). The van der Waals surface area contributed by atoms with Crippen molar-refractivity contribution >= 4 is 5.71 Å². The molecule has 0 saturated heterocycles. The Morgan fingerprint density at radius 1 is 1.86 bits per heavy atom. The van der Waals surface area contributed by atoms with Crippen molar-refractivity contribution in [3.05, 3.63) is 0 Å². The van der Waals surface area contributed by atoms with Crippen LogP contribution >= 0.6 is 0 Å². The molecule has 0 unspecified atom stereocenters. The van der Waals surface area contributed by atoms with Crippen molar-refractivity contribution in [2.75, 3.05) is 13.7 Å². The summed E-state index contributed by atoms with van der Waals surface area (Å²) in [6.45, 7) is 1.65. The molecular formula is C4H9NO2. The first kappa shape index (κ1) is 6.43. The fraction of sp³-hybridized carbons (Fsp3) is 0.750. The van der Waals surface area contributed by atoms with Gasteiger partial charge in [0.1, 0.15) is 7.11 Å². The topological polar surface area (TPSA) is 41.8 Å². The fourth-order valence-corrected chi connectivity index (χ4v) is 0.185. The van der Waals surface area contributed by atoms with Crippen molar-refractivity contribution in [2.45, 2.75) is 6.92 Å². The summed E-state index contributed by atoms with van der Waals surface area (Å²) in [7, 11) is 1.44. The zero-order valence-corrected chi connectivity index (χ0v) is 4.51. The van der Waals surface area contributed by atoms with Gasteiger partial charge in [-0.3, -0.25) is 0 Å². The van der Waals surface area contributed by atoms with E-state index in [1.54, 1.807) is 6.92 Å². The maximum Gasteiger partial charge on any atom is 0.106 e. The van der Waals surface area contributed by atoms with Crippen LogP contribution in [0.15, 0.2) is 5.16 Å². The Hall–Kier alpha value is -0.570. The summed E-state index contributed by atoms with van der Waals surface area (Å²) in [6.07, 6.45) is 0. The third-order valence-electron chi connectivity index (χ3n) is 0.476. The van der Waals surface area contributed by atoms with Gasteiger partial charge in [0.05, 0.1) is 12.3 Å². The van der Waals surface area contributed by atoms with Gasteiger partial charge in [-0.1, -0.05) is 5.16 Å². The monoisotopic (exact) mass is 103 g/mol. The van der Waals surface area contributed by atoms with E-state index in [9.17, 15) is 0 Å². The van der Waals surface area contributed by atoms with Crippen LogP contribution in [0.4, 0.5) is 0 Å². The second kappa shape index (κ2) is 3.61. The van der Waals surface area contributed by atoms with Crippen molar-refractivity contribution in [3.63, 3.8) is 0 Å². The Labute approximate surface area is 42.6 Å². The van der Waals surface area contributed by atoms with Gasteiger partial charge in [0.15, 0.2) is 0 Å². The average Bonchev–Trinajstić information content (AvgIpc) is 1.68. The lowest BCUT2D eigenvalue weighted by molar-refractivity contribution is 0.209. The van der Waals surface area contributed by atoms with Crippen LogP contribution < -0.4 is 0 Å². The second-order valence-corrected chi connectivity index (χ2v) is 1.17. The number of rotatable bonds is 2. The number of aliphatic hydroxyl groups is 1. The summed E-state index contributed by atoms with van der Waals surface area (Å²) in [4.78, 5) is 4.32. The van der Waals surface area contributed by atoms with Crippen LogP contribution in [-0.4, -0.2) is 24.5 Å². The van der Waals surface area contributed by atoms with Crippen molar-refractivity contribution in [3.8, 4) is 0 Å². The van der Waals surface area contributed by atoms with Crippen molar-refractivity contribution in [1.29, 1.82) is 0 Å². The van der Waals surface area contributed by atoms with Crippen molar-refractivity contribution in [2.24, 2.45) is 5.16 Å². The minimum absolute atomic E-state index is 0.0339. The van der Waals surface area contributed by atoms with Crippen LogP contribution in [0.3, 0.4) is 0 Å². The third kappa shape index (κ3) is 3.26. The Morgan fingerprint density at radius 3 is 2.57 bits per heavy atom. The standard InChI is InChI=1S/C4H9NO2/c1-4(3-6)5-7-2/h6H,3H2,1-2H3/b5-4+. The Bertz CT molecular complexity index is 70.1.